The van der Waals surface area contributed by atoms with Crippen molar-refractivity contribution in [1.82, 2.24) is 15.5 Å². The summed E-state index contributed by atoms with van der Waals surface area (Å²) in [5, 5.41) is 6.92. The molecule has 0 saturated carbocycles. The molecule has 1 aliphatic rings. The summed E-state index contributed by atoms with van der Waals surface area (Å²) >= 11 is 0. The minimum Gasteiger partial charge on any atom is -0.357 e. The van der Waals surface area contributed by atoms with Crippen LogP contribution in [0.1, 0.15) is 32.3 Å². The summed E-state index contributed by atoms with van der Waals surface area (Å²) in [7, 11) is 2.19. The number of benzene rings is 1. The maximum Gasteiger partial charge on any atom is 0.191 e. The first-order valence-corrected chi connectivity index (χ1v) is 8.94. The molecule has 1 fully saturated rings. The monoisotopic (exact) mass is 316 g/mol. The first-order valence-electron chi connectivity index (χ1n) is 8.94. The van der Waals surface area contributed by atoms with Crippen LogP contribution in [0.15, 0.2) is 35.3 Å². The second kappa shape index (κ2) is 9.56. The van der Waals surface area contributed by atoms with Gasteiger partial charge in [-0.1, -0.05) is 30.3 Å². The summed E-state index contributed by atoms with van der Waals surface area (Å²) in [4.78, 5) is 7.18. The largest absolute Gasteiger partial charge is 0.357 e. The fourth-order valence-electron chi connectivity index (χ4n) is 3.05. The Morgan fingerprint density at radius 3 is 2.78 bits per heavy atom. The van der Waals surface area contributed by atoms with Crippen molar-refractivity contribution >= 4 is 5.96 Å². The number of rotatable bonds is 7. The summed E-state index contributed by atoms with van der Waals surface area (Å²) in [6.45, 7) is 8.56. The maximum atomic E-state index is 4.79. The molecule has 4 nitrogen and oxygen atoms in total. The zero-order valence-corrected chi connectivity index (χ0v) is 14.9. The highest BCUT2D eigenvalue weighted by molar-refractivity contribution is 5.80. The molecule has 128 valence electrons. The molecule has 2 rings (SSSR count). The molecular formula is C19H32N4. The number of aliphatic imine (C=N–C) groups is 1. The normalized spacial score (nSPS) is 20.5. The summed E-state index contributed by atoms with van der Waals surface area (Å²) in [6.07, 6.45) is 3.48. The van der Waals surface area contributed by atoms with Gasteiger partial charge >= 0.3 is 0 Å². The third-order valence-corrected chi connectivity index (χ3v) is 4.43. The Kier molecular flexibility index (Phi) is 7.40. The minimum absolute atomic E-state index is 0.416. The van der Waals surface area contributed by atoms with Gasteiger partial charge in [0, 0.05) is 25.7 Å². The molecule has 4 heteroatoms. The Hall–Kier alpha value is -1.55. The van der Waals surface area contributed by atoms with Crippen molar-refractivity contribution in [2.24, 2.45) is 10.9 Å². The number of hydrogen-bond acceptors (Lipinski definition) is 2. The van der Waals surface area contributed by atoms with Crippen LogP contribution >= 0.6 is 0 Å². The van der Waals surface area contributed by atoms with E-state index in [-0.39, 0.29) is 0 Å². The second-order valence-electron chi connectivity index (χ2n) is 6.71. The maximum absolute atomic E-state index is 4.79. The summed E-state index contributed by atoms with van der Waals surface area (Å²) < 4.78 is 0. The van der Waals surface area contributed by atoms with Crippen molar-refractivity contribution in [2.75, 3.05) is 33.2 Å². The molecule has 0 radical (unpaired) electrons. The molecule has 1 heterocycles. The topological polar surface area (TPSA) is 39.7 Å². The molecule has 0 aliphatic carbocycles. The molecule has 1 aromatic carbocycles. The molecule has 0 aromatic heterocycles. The van der Waals surface area contributed by atoms with Crippen LogP contribution in [-0.2, 0) is 6.42 Å². The zero-order chi connectivity index (χ0) is 16.5. The Morgan fingerprint density at radius 1 is 1.35 bits per heavy atom. The van der Waals surface area contributed by atoms with Crippen molar-refractivity contribution in [2.45, 2.75) is 39.2 Å². The molecule has 1 aromatic rings. The number of likely N-dealkylation sites (tertiary alicyclic amines) is 1. The van der Waals surface area contributed by atoms with Gasteiger partial charge in [-0.3, -0.25) is 4.99 Å². The van der Waals surface area contributed by atoms with E-state index < -0.39 is 0 Å². The van der Waals surface area contributed by atoms with Gasteiger partial charge in [0.1, 0.15) is 0 Å². The van der Waals surface area contributed by atoms with E-state index in [4.69, 9.17) is 4.99 Å². The lowest BCUT2D eigenvalue weighted by Crippen LogP contribution is -2.42. The van der Waals surface area contributed by atoms with E-state index in [1.807, 2.05) is 0 Å². The van der Waals surface area contributed by atoms with Gasteiger partial charge < -0.3 is 15.5 Å². The Labute approximate surface area is 141 Å². The van der Waals surface area contributed by atoms with Gasteiger partial charge in [0.15, 0.2) is 5.96 Å². The quantitative estimate of drug-likeness (QED) is 0.600. The number of nitrogens with one attached hydrogen (secondary N) is 2. The van der Waals surface area contributed by atoms with Gasteiger partial charge in [-0.15, -0.1) is 0 Å². The van der Waals surface area contributed by atoms with Gasteiger partial charge in [-0.05, 0) is 58.2 Å². The fraction of sp³-hybridized carbons (Fsp3) is 0.632. The van der Waals surface area contributed by atoms with E-state index in [2.05, 4.69) is 66.8 Å². The van der Waals surface area contributed by atoms with Crippen molar-refractivity contribution in [3.63, 3.8) is 0 Å². The van der Waals surface area contributed by atoms with Crippen LogP contribution in [-0.4, -0.2) is 50.1 Å². The lowest BCUT2D eigenvalue weighted by Gasteiger charge is -2.18. The Balaban J connectivity index is 1.78. The predicted molar refractivity (Wildman–Crippen MR) is 98.9 cm³/mol. The third kappa shape index (κ3) is 6.61. The summed E-state index contributed by atoms with van der Waals surface area (Å²) in [6, 6.07) is 11.1. The number of guanidine groups is 1. The Bertz CT molecular complexity index is 472. The van der Waals surface area contributed by atoms with E-state index in [1.165, 1.54) is 25.1 Å². The number of nitrogens with zero attached hydrogens (tertiary/aromatic N) is 2. The number of hydrogen-bond donors (Lipinski definition) is 2. The van der Waals surface area contributed by atoms with Crippen LogP contribution in [0.4, 0.5) is 0 Å². The van der Waals surface area contributed by atoms with E-state index in [0.29, 0.717) is 12.0 Å². The standard InChI is InChI=1S/C19H32N4/c1-4-20-19(21-14-18-12-13-23(3)15-18)22-16(2)10-11-17-8-6-5-7-9-17/h5-9,16,18H,4,10-15H2,1-3H3,(H2,20,21,22). The van der Waals surface area contributed by atoms with Gasteiger partial charge in [0.25, 0.3) is 0 Å². The van der Waals surface area contributed by atoms with Crippen LogP contribution in [0.5, 0.6) is 0 Å². The average Bonchev–Trinajstić information content (AvgIpc) is 2.97. The molecule has 2 atom stereocenters. The van der Waals surface area contributed by atoms with Gasteiger partial charge in [-0.25, -0.2) is 0 Å². The van der Waals surface area contributed by atoms with Crippen molar-refractivity contribution in [3.05, 3.63) is 35.9 Å². The lowest BCUT2D eigenvalue weighted by molar-refractivity contribution is 0.397. The molecule has 0 bridgehead atoms. The third-order valence-electron chi connectivity index (χ3n) is 4.43. The molecule has 1 aliphatic heterocycles. The first-order chi connectivity index (χ1) is 11.2. The molecule has 23 heavy (non-hydrogen) atoms. The SMILES string of the molecule is CCNC(=NCC1CCN(C)C1)NC(C)CCc1ccccc1. The summed E-state index contributed by atoms with van der Waals surface area (Å²) in [5.74, 6) is 1.66. The van der Waals surface area contributed by atoms with E-state index >= 15 is 0 Å². The highest BCUT2D eigenvalue weighted by Crippen LogP contribution is 2.14. The predicted octanol–water partition coefficient (Wildman–Crippen LogP) is 2.51. The van der Waals surface area contributed by atoms with Crippen molar-refractivity contribution in [3.8, 4) is 0 Å². The molecular weight excluding hydrogens is 284 g/mol. The van der Waals surface area contributed by atoms with E-state index in [0.717, 1.165) is 31.9 Å². The highest BCUT2D eigenvalue weighted by Gasteiger charge is 2.19. The van der Waals surface area contributed by atoms with Crippen LogP contribution < -0.4 is 10.6 Å². The van der Waals surface area contributed by atoms with E-state index in [1.54, 1.807) is 0 Å². The van der Waals surface area contributed by atoms with Gasteiger partial charge in [0.05, 0.1) is 0 Å². The summed E-state index contributed by atoms with van der Waals surface area (Å²) in [5.41, 5.74) is 1.40. The van der Waals surface area contributed by atoms with Crippen LogP contribution in [0, 0.1) is 5.92 Å². The minimum atomic E-state index is 0.416. The zero-order valence-electron chi connectivity index (χ0n) is 14.9. The van der Waals surface area contributed by atoms with Gasteiger partial charge in [0.2, 0.25) is 0 Å². The molecule has 2 N–H and O–H groups in total. The average molecular weight is 316 g/mol. The molecule has 2 unspecified atom stereocenters. The second-order valence-corrected chi connectivity index (χ2v) is 6.71. The van der Waals surface area contributed by atoms with Crippen LogP contribution in [0.25, 0.3) is 0 Å². The number of aryl methyl sites for hydroxylation is 1. The molecule has 0 amide bonds. The van der Waals surface area contributed by atoms with Crippen LogP contribution in [0.3, 0.4) is 0 Å². The van der Waals surface area contributed by atoms with E-state index in [9.17, 15) is 0 Å². The fourth-order valence-corrected chi connectivity index (χ4v) is 3.05. The Morgan fingerprint density at radius 2 is 2.13 bits per heavy atom. The molecule has 0 spiro atoms. The smallest absolute Gasteiger partial charge is 0.191 e. The lowest BCUT2D eigenvalue weighted by atomic mass is 10.1. The highest BCUT2D eigenvalue weighted by atomic mass is 15.2. The van der Waals surface area contributed by atoms with Gasteiger partial charge in [-0.2, -0.15) is 0 Å². The van der Waals surface area contributed by atoms with Crippen LogP contribution in [0.2, 0.25) is 0 Å². The van der Waals surface area contributed by atoms with Crippen molar-refractivity contribution in [1.29, 1.82) is 0 Å². The van der Waals surface area contributed by atoms with Crippen molar-refractivity contribution < 1.29 is 0 Å². The molecule has 1 saturated heterocycles. The first kappa shape index (κ1) is 17.8.